The minimum Gasteiger partial charge on any atom is -0.341 e. The monoisotopic (exact) mass is 156 g/mol. The zero-order valence-corrected chi connectivity index (χ0v) is 7.21. The fraction of sp³-hybridized carbons (Fsp3) is 0.625. The van der Waals surface area contributed by atoms with Gasteiger partial charge in [0.1, 0.15) is 0 Å². The Morgan fingerprint density at radius 2 is 2.36 bits per heavy atom. The second-order valence-corrected chi connectivity index (χ2v) is 2.52. The predicted octanol–water partition coefficient (Wildman–Crippen LogP) is 0.368. The van der Waals surface area contributed by atoms with Gasteiger partial charge in [-0.25, -0.2) is 0 Å². The molecule has 11 heavy (non-hydrogen) atoms. The lowest BCUT2D eigenvalue weighted by molar-refractivity contribution is -0.130. The second-order valence-electron chi connectivity index (χ2n) is 2.52. The van der Waals surface area contributed by atoms with E-state index in [1.165, 1.54) is 0 Å². The average Bonchev–Trinajstić information content (AvgIpc) is 2.02. The molecule has 0 aliphatic rings. The van der Waals surface area contributed by atoms with Crippen LogP contribution in [0.4, 0.5) is 0 Å². The highest BCUT2D eigenvalue weighted by Crippen LogP contribution is 1.93. The van der Waals surface area contributed by atoms with Crippen molar-refractivity contribution in [2.75, 3.05) is 13.6 Å². The summed E-state index contributed by atoms with van der Waals surface area (Å²) in [4.78, 5) is 12.8. The molecule has 1 amide bonds. The van der Waals surface area contributed by atoms with E-state index >= 15 is 0 Å². The van der Waals surface area contributed by atoms with Crippen LogP contribution in [0.5, 0.6) is 0 Å². The summed E-state index contributed by atoms with van der Waals surface area (Å²) in [5, 5.41) is 0. The fourth-order valence-corrected chi connectivity index (χ4v) is 0.741. The highest BCUT2D eigenvalue weighted by atomic mass is 16.2. The molecule has 0 bridgehead atoms. The average molecular weight is 156 g/mol. The zero-order valence-electron chi connectivity index (χ0n) is 7.21. The van der Waals surface area contributed by atoms with Crippen molar-refractivity contribution >= 4 is 5.91 Å². The van der Waals surface area contributed by atoms with Crippen molar-refractivity contribution in [2.24, 2.45) is 5.73 Å². The van der Waals surface area contributed by atoms with E-state index in [1.54, 1.807) is 18.0 Å². The lowest BCUT2D eigenvalue weighted by Crippen LogP contribution is -2.41. The first-order chi connectivity index (χ1) is 5.13. The van der Waals surface area contributed by atoms with Crippen LogP contribution in [0.2, 0.25) is 0 Å². The van der Waals surface area contributed by atoms with Gasteiger partial charge < -0.3 is 10.6 Å². The highest BCUT2D eigenvalue weighted by molar-refractivity contribution is 5.81. The van der Waals surface area contributed by atoms with Gasteiger partial charge in [-0.05, 0) is 6.42 Å². The van der Waals surface area contributed by atoms with Crippen molar-refractivity contribution in [2.45, 2.75) is 19.4 Å². The van der Waals surface area contributed by atoms with Gasteiger partial charge in [-0.15, -0.1) is 6.58 Å². The molecule has 3 heteroatoms. The Kier molecular flexibility index (Phi) is 4.54. The van der Waals surface area contributed by atoms with Crippen LogP contribution in [0.25, 0.3) is 0 Å². The van der Waals surface area contributed by atoms with E-state index in [-0.39, 0.29) is 11.9 Å². The summed E-state index contributed by atoms with van der Waals surface area (Å²) < 4.78 is 0. The lowest BCUT2D eigenvalue weighted by Gasteiger charge is -2.18. The zero-order chi connectivity index (χ0) is 8.85. The summed E-state index contributed by atoms with van der Waals surface area (Å²) in [6, 6.07) is -0.361. The van der Waals surface area contributed by atoms with E-state index in [2.05, 4.69) is 6.58 Å². The maximum absolute atomic E-state index is 11.2. The molecular weight excluding hydrogens is 140 g/mol. The Labute approximate surface area is 67.9 Å². The van der Waals surface area contributed by atoms with Crippen LogP contribution in [0.3, 0.4) is 0 Å². The van der Waals surface area contributed by atoms with E-state index in [4.69, 9.17) is 5.73 Å². The molecule has 0 saturated heterocycles. The lowest BCUT2D eigenvalue weighted by atomic mass is 10.2. The molecule has 0 aromatic rings. The molecule has 2 N–H and O–H groups in total. The Morgan fingerprint density at radius 1 is 1.82 bits per heavy atom. The van der Waals surface area contributed by atoms with Gasteiger partial charge in [0.15, 0.2) is 0 Å². The number of nitrogens with two attached hydrogens (primary N) is 1. The van der Waals surface area contributed by atoms with Crippen molar-refractivity contribution in [1.29, 1.82) is 0 Å². The summed E-state index contributed by atoms with van der Waals surface area (Å²) >= 11 is 0. The molecule has 0 spiro atoms. The second kappa shape index (κ2) is 4.91. The first kappa shape index (κ1) is 10.2. The van der Waals surface area contributed by atoms with Crippen molar-refractivity contribution in [3.8, 4) is 0 Å². The molecule has 1 atom stereocenters. The summed E-state index contributed by atoms with van der Waals surface area (Å²) in [7, 11) is 1.72. The standard InChI is InChI=1S/C8H16N2O/c1-4-6-10(3)8(11)7(9)5-2/h4,7H,1,5-6,9H2,2-3H3/t7-/m1/s1. The van der Waals surface area contributed by atoms with Crippen LogP contribution in [-0.2, 0) is 4.79 Å². The van der Waals surface area contributed by atoms with Crippen LogP contribution in [0.1, 0.15) is 13.3 Å². The molecule has 0 heterocycles. The predicted molar refractivity (Wildman–Crippen MR) is 46.1 cm³/mol. The Balaban J connectivity index is 3.90. The topological polar surface area (TPSA) is 46.3 Å². The summed E-state index contributed by atoms with van der Waals surface area (Å²) in [6.07, 6.45) is 2.36. The van der Waals surface area contributed by atoms with Crippen molar-refractivity contribution < 1.29 is 4.79 Å². The maximum atomic E-state index is 11.2. The first-order valence-electron chi connectivity index (χ1n) is 3.75. The molecule has 0 saturated carbocycles. The number of hydrogen-bond donors (Lipinski definition) is 1. The maximum Gasteiger partial charge on any atom is 0.239 e. The van der Waals surface area contributed by atoms with Crippen LogP contribution < -0.4 is 5.73 Å². The van der Waals surface area contributed by atoms with Gasteiger partial charge in [-0.1, -0.05) is 13.0 Å². The molecule has 0 aromatic heterocycles. The quantitative estimate of drug-likeness (QED) is 0.598. The molecular formula is C8H16N2O. The van der Waals surface area contributed by atoms with Gasteiger partial charge in [0.25, 0.3) is 0 Å². The number of nitrogens with zero attached hydrogens (tertiary/aromatic N) is 1. The summed E-state index contributed by atoms with van der Waals surface area (Å²) in [5.74, 6) is -0.0209. The van der Waals surface area contributed by atoms with E-state index in [1.807, 2.05) is 6.92 Å². The molecule has 0 radical (unpaired) electrons. The van der Waals surface area contributed by atoms with E-state index < -0.39 is 0 Å². The van der Waals surface area contributed by atoms with E-state index in [0.717, 1.165) is 0 Å². The van der Waals surface area contributed by atoms with Gasteiger partial charge in [-0.3, -0.25) is 4.79 Å². The fourth-order valence-electron chi connectivity index (χ4n) is 0.741. The third-order valence-electron chi connectivity index (χ3n) is 1.54. The van der Waals surface area contributed by atoms with Crippen molar-refractivity contribution in [3.05, 3.63) is 12.7 Å². The van der Waals surface area contributed by atoms with Crippen molar-refractivity contribution in [3.63, 3.8) is 0 Å². The number of hydrogen-bond acceptors (Lipinski definition) is 2. The first-order valence-corrected chi connectivity index (χ1v) is 3.75. The van der Waals surface area contributed by atoms with Gasteiger partial charge in [0.05, 0.1) is 6.04 Å². The Bertz CT molecular complexity index is 145. The van der Waals surface area contributed by atoms with Crippen molar-refractivity contribution in [1.82, 2.24) is 4.90 Å². The van der Waals surface area contributed by atoms with E-state index in [0.29, 0.717) is 13.0 Å². The van der Waals surface area contributed by atoms with Crippen LogP contribution in [-0.4, -0.2) is 30.4 Å². The summed E-state index contributed by atoms with van der Waals surface area (Å²) in [6.45, 7) is 5.99. The van der Waals surface area contributed by atoms with Crippen LogP contribution >= 0.6 is 0 Å². The normalized spacial score (nSPS) is 12.3. The Morgan fingerprint density at radius 3 is 2.73 bits per heavy atom. The molecule has 0 aromatic carbocycles. The van der Waals surface area contributed by atoms with E-state index in [9.17, 15) is 4.79 Å². The largest absolute Gasteiger partial charge is 0.341 e. The Hall–Kier alpha value is -0.830. The molecule has 0 unspecified atom stereocenters. The molecule has 64 valence electrons. The van der Waals surface area contributed by atoms with Gasteiger partial charge >= 0.3 is 0 Å². The van der Waals surface area contributed by atoms with Crippen LogP contribution in [0.15, 0.2) is 12.7 Å². The molecule has 3 nitrogen and oxygen atoms in total. The van der Waals surface area contributed by atoms with Crippen LogP contribution in [0, 0.1) is 0 Å². The molecule has 0 aliphatic carbocycles. The summed E-state index contributed by atoms with van der Waals surface area (Å²) in [5.41, 5.74) is 5.52. The molecule has 0 aliphatic heterocycles. The number of rotatable bonds is 4. The minimum atomic E-state index is -0.361. The molecule has 0 fully saturated rings. The number of likely N-dealkylation sites (N-methyl/N-ethyl adjacent to an activating group) is 1. The molecule has 0 rings (SSSR count). The van der Waals surface area contributed by atoms with Gasteiger partial charge in [0.2, 0.25) is 5.91 Å². The number of carbonyl (C=O) groups excluding carboxylic acids is 1. The SMILES string of the molecule is C=CCN(C)C(=O)[C@H](N)CC. The minimum absolute atomic E-state index is 0.0209. The third-order valence-corrected chi connectivity index (χ3v) is 1.54. The highest BCUT2D eigenvalue weighted by Gasteiger charge is 2.13. The van der Waals surface area contributed by atoms with Gasteiger partial charge in [0, 0.05) is 13.6 Å². The van der Waals surface area contributed by atoms with Gasteiger partial charge in [-0.2, -0.15) is 0 Å². The third kappa shape index (κ3) is 3.18. The number of amides is 1. The smallest absolute Gasteiger partial charge is 0.239 e. The number of carbonyl (C=O) groups is 1.